The third-order valence-electron chi connectivity index (χ3n) is 6.24. The SMILES string of the molecule is COc1cnc2c(Cc3ccc(F)c([C@]4(C(F)F)CS(=O)(=O)C(C)(C)C(N)=N4)c3)nccc2c1. The van der Waals surface area contributed by atoms with Gasteiger partial charge >= 0.3 is 0 Å². The second kappa shape index (κ2) is 8.23. The fourth-order valence-corrected chi connectivity index (χ4v) is 5.58. The maximum atomic E-state index is 14.9. The summed E-state index contributed by atoms with van der Waals surface area (Å²) in [5, 5.41) is 0.758. The van der Waals surface area contributed by atoms with Gasteiger partial charge in [0, 0.05) is 23.6 Å². The number of nitrogens with zero attached hydrogens (tertiary/aromatic N) is 3. The first-order valence-electron chi connectivity index (χ1n) is 10.3. The smallest absolute Gasteiger partial charge is 0.268 e. The predicted octanol–water partition coefficient (Wildman–Crippen LogP) is 3.39. The third kappa shape index (κ3) is 3.77. The molecule has 34 heavy (non-hydrogen) atoms. The van der Waals surface area contributed by atoms with E-state index in [9.17, 15) is 21.6 Å². The van der Waals surface area contributed by atoms with Crippen molar-refractivity contribution in [3.8, 4) is 5.75 Å². The molecular weight excluding hydrogens is 469 g/mol. The molecular formula is C23H23F3N4O3S. The minimum absolute atomic E-state index is 0.140. The fourth-order valence-electron chi connectivity index (χ4n) is 3.93. The van der Waals surface area contributed by atoms with E-state index in [0.717, 1.165) is 11.5 Å². The van der Waals surface area contributed by atoms with E-state index in [1.165, 1.54) is 39.3 Å². The molecule has 0 radical (unpaired) electrons. The van der Waals surface area contributed by atoms with Gasteiger partial charge in [-0.1, -0.05) is 6.07 Å². The molecule has 180 valence electrons. The topological polar surface area (TPSA) is 108 Å². The van der Waals surface area contributed by atoms with Crippen molar-refractivity contribution >= 4 is 26.6 Å². The van der Waals surface area contributed by atoms with Crippen LogP contribution in [-0.4, -0.2) is 48.3 Å². The van der Waals surface area contributed by atoms with Gasteiger partial charge in [0.05, 0.1) is 30.3 Å². The normalized spacial score (nSPS) is 21.4. The van der Waals surface area contributed by atoms with Crippen LogP contribution in [0.5, 0.6) is 5.75 Å². The number of benzene rings is 1. The number of amidine groups is 1. The molecule has 0 fully saturated rings. The Hall–Kier alpha value is -3.21. The second-order valence-electron chi connectivity index (χ2n) is 8.69. The van der Waals surface area contributed by atoms with E-state index in [-0.39, 0.29) is 6.42 Å². The number of halogens is 3. The van der Waals surface area contributed by atoms with Crippen LogP contribution >= 0.6 is 0 Å². The summed E-state index contributed by atoms with van der Waals surface area (Å²) in [4.78, 5) is 12.6. The largest absolute Gasteiger partial charge is 0.495 e. The maximum Gasteiger partial charge on any atom is 0.268 e. The zero-order valence-electron chi connectivity index (χ0n) is 18.7. The lowest BCUT2D eigenvalue weighted by atomic mass is 9.89. The Morgan fingerprint density at radius 3 is 2.56 bits per heavy atom. The number of aliphatic imine (C=N–C) groups is 1. The molecule has 0 aliphatic carbocycles. The van der Waals surface area contributed by atoms with Crippen molar-refractivity contribution < 1.29 is 26.3 Å². The molecule has 1 aromatic carbocycles. The number of aromatic nitrogens is 2. The fraction of sp³-hybridized carbons (Fsp3) is 0.348. The number of pyridine rings is 2. The number of sulfone groups is 1. The zero-order valence-corrected chi connectivity index (χ0v) is 19.5. The van der Waals surface area contributed by atoms with Gasteiger partial charge in [-0.05, 0) is 43.7 Å². The molecule has 0 saturated heterocycles. The molecule has 3 aromatic rings. The summed E-state index contributed by atoms with van der Waals surface area (Å²) in [6.07, 6.45) is -0.0705. The molecule has 1 aliphatic heterocycles. The minimum atomic E-state index is -4.17. The number of nitrogens with two attached hydrogens (primary N) is 1. The molecule has 7 nitrogen and oxygen atoms in total. The lowest BCUT2D eigenvalue weighted by Crippen LogP contribution is -2.57. The molecule has 0 unspecified atom stereocenters. The molecule has 4 rings (SSSR count). The van der Waals surface area contributed by atoms with Gasteiger partial charge in [0.15, 0.2) is 15.4 Å². The summed E-state index contributed by atoms with van der Waals surface area (Å²) in [5.41, 5.74) is 4.17. The Morgan fingerprint density at radius 1 is 1.18 bits per heavy atom. The van der Waals surface area contributed by atoms with Gasteiger partial charge in [0.25, 0.3) is 6.43 Å². The number of hydrogen-bond donors (Lipinski definition) is 1. The molecule has 0 saturated carbocycles. The van der Waals surface area contributed by atoms with Crippen molar-refractivity contribution in [1.29, 1.82) is 0 Å². The molecule has 3 heterocycles. The molecule has 1 atom stereocenters. The van der Waals surface area contributed by atoms with Gasteiger partial charge in [0.2, 0.25) is 0 Å². The monoisotopic (exact) mass is 492 g/mol. The summed E-state index contributed by atoms with van der Waals surface area (Å²) in [6.45, 7) is 2.58. The predicted molar refractivity (Wildman–Crippen MR) is 122 cm³/mol. The summed E-state index contributed by atoms with van der Waals surface area (Å²) < 4.78 is 73.0. The van der Waals surface area contributed by atoms with Gasteiger partial charge in [-0.15, -0.1) is 0 Å². The lowest BCUT2D eigenvalue weighted by Gasteiger charge is -2.39. The van der Waals surface area contributed by atoms with Crippen LogP contribution in [-0.2, 0) is 21.8 Å². The molecule has 1 aliphatic rings. The average molecular weight is 493 g/mol. The molecule has 2 aromatic heterocycles. The summed E-state index contributed by atoms with van der Waals surface area (Å²) in [7, 11) is -2.65. The number of hydrogen-bond acceptors (Lipinski definition) is 7. The molecule has 2 N–H and O–H groups in total. The van der Waals surface area contributed by atoms with Crippen LogP contribution in [0.25, 0.3) is 10.9 Å². The number of fused-ring (bicyclic) bond motifs is 1. The van der Waals surface area contributed by atoms with Crippen LogP contribution in [0.3, 0.4) is 0 Å². The first-order chi connectivity index (χ1) is 15.9. The van der Waals surface area contributed by atoms with Crippen molar-refractivity contribution in [2.24, 2.45) is 10.7 Å². The summed E-state index contributed by atoms with van der Waals surface area (Å²) >= 11 is 0. The van der Waals surface area contributed by atoms with Gasteiger partial charge in [-0.25, -0.2) is 21.6 Å². The minimum Gasteiger partial charge on any atom is -0.495 e. The van der Waals surface area contributed by atoms with Crippen LogP contribution in [0.15, 0.2) is 47.7 Å². The van der Waals surface area contributed by atoms with Crippen LogP contribution in [0.1, 0.15) is 30.7 Å². The van der Waals surface area contributed by atoms with Crippen molar-refractivity contribution in [3.63, 3.8) is 0 Å². The number of rotatable bonds is 5. The maximum absolute atomic E-state index is 14.9. The summed E-state index contributed by atoms with van der Waals surface area (Å²) in [5.74, 6) is -1.99. The highest BCUT2D eigenvalue weighted by atomic mass is 32.2. The first-order valence-corrected chi connectivity index (χ1v) is 12.0. The van der Waals surface area contributed by atoms with E-state index >= 15 is 0 Å². The Labute approximate surface area is 194 Å². The van der Waals surface area contributed by atoms with E-state index in [4.69, 9.17) is 10.5 Å². The van der Waals surface area contributed by atoms with Crippen LogP contribution < -0.4 is 10.5 Å². The number of methoxy groups -OCH3 is 1. The molecule has 0 bridgehead atoms. The quantitative estimate of drug-likeness (QED) is 0.585. The van der Waals surface area contributed by atoms with Gasteiger partial charge < -0.3 is 10.5 Å². The number of ether oxygens (including phenoxy) is 1. The molecule has 0 amide bonds. The van der Waals surface area contributed by atoms with E-state index in [2.05, 4.69) is 15.0 Å². The van der Waals surface area contributed by atoms with Crippen LogP contribution in [0.2, 0.25) is 0 Å². The van der Waals surface area contributed by atoms with Crippen molar-refractivity contribution in [2.75, 3.05) is 12.9 Å². The first kappa shape index (κ1) is 23.9. The van der Waals surface area contributed by atoms with Gasteiger partial charge in [-0.3, -0.25) is 15.0 Å². The lowest BCUT2D eigenvalue weighted by molar-refractivity contribution is 0.0622. The van der Waals surface area contributed by atoms with Crippen molar-refractivity contribution in [2.45, 2.75) is 37.0 Å². The Morgan fingerprint density at radius 2 is 1.91 bits per heavy atom. The average Bonchev–Trinajstić information content (AvgIpc) is 2.78. The highest BCUT2D eigenvalue weighted by Gasteiger charge is 2.56. The van der Waals surface area contributed by atoms with Crippen molar-refractivity contribution in [1.82, 2.24) is 9.97 Å². The summed E-state index contributed by atoms with van der Waals surface area (Å²) in [6, 6.07) is 7.19. The van der Waals surface area contributed by atoms with Gasteiger partial charge in [0.1, 0.15) is 22.1 Å². The van der Waals surface area contributed by atoms with Crippen LogP contribution in [0, 0.1) is 5.82 Å². The number of alkyl halides is 2. The van der Waals surface area contributed by atoms with Crippen LogP contribution in [0.4, 0.5) is 13.2 Å². The van der Waals surface area contributed by atoms with E-state index in [1.54, 1.807) is 18.3 Å². The Kier molecular flexibility index (Phi) is 5.79. The van der Waals surface area contributed by atoms with Gasteiger partial charge in [-0.2, -0.15) is 0 Å². The molecule has 0 spiro atoms. The van der Waals surface area contributed by atoms with E-state index in [0.29, 0.717) is 22.5 Å². The Balaban J connectivity index is 1.83. The van der Waals surface area contributed by atoms with E-state index < -0.39 is 49.5 Å². The highest BCUT2D eigenvalue weighted by Crippen LogP contribution is 2.42. The standard InChI is InChI=1S/C23H23F3N4O3S/c1-22(2)21(27)30-23(20(25)26,12-34(22,31)32)16-8-13(4-5-17(16)24)9-18-19-14(6-7-28-18)10-15(33-3)11-29-19/h4-8,10-11,20H,9,12H2,1-3H3,(H2,27,30)/t23-/m0/s1. The second-order valence-corrected chi connectivity index (χ2v) is 11.2. The zero-order chi connectivity index (χ0) is 24.9. The molecule has 11 heteroatoms. The van der Waals surface area contributed by atoms with E-state index in [1.807, 2.05) is 0 Å². The third-order valence-corrected chi connectivity index (χ3v) is 8.82. The highest BCUT2D eigenvalue weighted by molar-refractivity contribution is 7.93. The Bertz CT molecular complexity index is 1410. The van der Waals surface area contributed by atoms with Crippen molar-refractivity contribution in [3.05, 3.63) is 65.4 Å².